The summed E-state index contributed by atoms with van der Waals surface area (Å²) in [6, 6.07) is 0. The first-order valence-electron chi connectivity index (χ1n) is 5.52. The van der Waals surface area contributed by atoms with E-state index < -0.39 is 15.4 Å². The molecular formula is C10H23NO4Si. The van der Waals surface area contributed by atoms with Crippen molar-refractivity contribution in [2.24, 2.45) is 0 Å². The third kappa shape index (κ3) is 6.09. The Hall–Kier alpha value is -0.593. The monoisotopic (exact) mass is 249 g/mol. The molecule has 0 bridgehead atoms. The van der Waals surface area contributed by atoms with E-state index in [9.17, 15) is 4.79 Å². The van der Waals surface area contributed by atoms with Gasteiger partial charge in [0, 0.05) is 27.8 Å². The fraction of sp³-hybridized carbons (Fsp3) is 0.900. The lowest BCUT2D eigenvalue weighted by atomic mass is 10.2. The molecule has 0 fully saturated rings. The van der Waals surface area contributed by atoms with Crippen LogP contribution in [0.5, 0.6) is 0 Å². The molecule has 1 unspecified atom stereocenters. The zero-order valence-corrected chi connectivity index (χ0v) is 11.8. The molecule has 0 saturated carbocycles. The Labute approximate surface area is 99.2 Å². The molecule has 5 nitrogen and oxygen atoms in total. The smallest absolute Gasteiger partial charge is 0.407 e. The Morgan fingerprint density at radius 3 is 2.38 bits per heavy atom. The Bertz CT molecular complexity index is 199. The van der Waals surface area contributed by atoms with E-state index in [4.69, 9.17) is 14.0 Å². The van der Waals surface area contributed by atoms with Gasteiger partial charge in [-0.05, 0) is 18.4 Å². The van der Waals surface area contributed by atoms with E-state index in [0.717, 1.165) is 19.3 Å². The van der Waals surface area contributed by atoms with Gasteiger partial charge in [-0.15, -0.1) is 0 Å². The van der Waals surface area contributed by atoms with Crippen molar-refractivity contribution >= 4 is 15.4 Å². The minimum absolute atomic E-state index is 0.463. The van der Waals surface area contributed by atoms with Crippen LogP contribution in [0.3, 0.4) is 0 Å². The Morgan fingerprint density at radius 1 is 1.38 bits per heavy atom. The van der Waals surface area contributed by atoms with Gasteiger partial charge >= 0.3 is 15.4 Å². The fourth-order valence-corrected chi connectivity index (χ4v) is 3.24. The molecule has 16 heavy (non-hydrogen) atoms. The van der Waals surface area contributed by atoms with Crippen LogP contribution in [0.15, 0.2) is 0 Å². The second-order valence-electron chi connectivity index (χ2n) is 4.02. The Balaban J connectivity index is 3.61. The minimum Gasteiger partial charge on any atom is -0.465 e. The molecule has 0 saturated heterocycles. The molecule has 1 N–H and O–H groups in total. The number of nitrogens with zero attached hydrogens (tertiary/aromatic N) is 1. The van der Waals surface area contributed by atoms with Gasteiger partial charge < -0.3 is 18.9 Å². The molecule has 0 spiro atoms. The van der Waals surface area contributed by atoms with Crippen LogP contribution in [-0.4, -0.2) is 53.2 Å². The highest BCUT2D eigenvalue weighted by molar-refractivity contribution is 6.46. The molecule has 0 aromatic carbocycles. The van der Waals surface area contributed by atoms with Gasteiger partial charge in [-0.3, -0.25) is 0 Å². The molecule has 0 heterocycles. The van der Waals surface area contributed by atoms with Gasteiger partial charge in [-0.25, -0.2) is 4.79 Å². The van der Waals surface area contributed by atoms with Crippen LogP contribution in [0.2, 0.25) is 5.54 Å². The SMILES string of the molecule is CO[SiH](OC)C(C)CCCCN(C)C(=O)O. The standard InChI is InChI=1S/C10H23NO4Si/c1-9(16(14-3)15-4)7-5-6-8-11(2)10(12)13/h9,16H,5-8H2,1-4H3,(H,12,13). The first kappa shape index (κ1) is 15.4. The molecule has 0 aliphatic carbocycles. The number of hydrogen-bond acceptors (Lipinski definition) is 3. The summed E-state index contributed by atoms with van der Waals surface area (Å²) < 4.78 is 10.6. The number of unbranched alkanes of at least 4 members (excludes halogenated alkanes) is 1. The third-order valence-corrected chi connectivity index (χ3v) is 4.85. The summed E-state index contributed by atoms with van der Waals surface area (Å²) in [6.07, 6.45) is 2.07. The maximum atomic E-state index is 10.5. The van der Waals surface area contributed by atoms with E-state index in [0.29, 0.717) is 12.1 Å². The van der Waals surface area contributed by atoms with E-state index in [-0.39, 0.29) is 0 Å². The topological polar surface area (TPSA) is 59.0 Å². The zero-order chi connectivity index (χ0) is 12.6. The quantitative estimate of drug-likeness (QED) is 0.525. The maximum absolute atomic E-state index is 10.5. The van der Waals surface area contributed by atoms with Crippen LogP contribution in [0.1, 0.15) is 26.2 Å². The second kappa shape index (κ2) is 8.55. The van der Waals surface area contributed by atoms with Gasteiger partial charge in [0.1, 0.15) is 0 Å². The summed E-state index contributed by atoms with van der Waals surface area (Å²) in [7, 11) is 3.47. The normalized spacial score (nSPS) is 12.8. The van der Waals surface area contributed by atoms with Crippen LogP contribution >= 0.6 is 0 Å². The highest BCUT2D eigenvalue weighted by Crippen LogP contribution is 2.18. The van der Waals surface area contributed by atoms with Gasteiger partial charge in [0.15, 0.2) is 0 Å². The van der Waals surface area contributed by atoms with Gasteiger partial charge in [0.2, 0.25) is 0 Å². The lowest BCUT2D eigenvalue weighted by Gasteiger charge is -2.19. The minimum atomic E-state index is -1.50. The molecule has 0 aromatic rings. The molecule has 0 aliphatic rings. The van der Waals surface area contributed by atoms with Crippen molar-refractivity contribution in [2.45, 2.75) is 31.7 Å². The summed E-state index contributed by atoms with van der Waals surface area (Å²) in [5, 5.41) is 8.65. The molecule has 96 valence electrons. The van der Waals surface area contributed by atoms with Crippen molar-refractivity contribution in [3.63, 3.8) is 0 Å². The molecule has 6 heteroatoms. The molecule has 0 aliphatic heterocycles. The third-order valence-electron chi connectivity index (χ3n) is 2.66. The van der Waals surface area contributed by atoms with Crippen LogP contribution in [0.4, 0.5) is 4.79 Å². The van der Waals surface area contributed by atoms with Crippen LogP contribution in [-0.2, 0) is 8.85 Å². The van der Waals surface area contributed by atoms with Gasteiger partial charge in [0.05, 0.1) is 0 Å². The summed E-state index contributed by atoms with van der Waals surface area (Å²) in [6.45, 7) is 2.72. The first-order chi connectivity index (χ1) is 7.52. The average molecular weight is 249 g/mol. The Kier molecular flexibility index (Phi) is 8.23. The number of carbonyl (C=O) groups is 1. The predicted molar refractivity (Wildman–Crippen MR) is 65.1 cm³/mol. The molecule has 1 atom stereocenters. The van der Waals surface area contributed by atoms with Crippen LogP contribution < -0.4 is 0 Å². The van der Waals surface area contributed by atoms with Crippen molar-refractivity contribution in [2.75, 3.05) is 27.8 Å². The van der Waals surface area contributed by atoms with Gasteiger partial charge in [-0.2, -0.15) is 0 Å². The fourth-order valence-electron chi connectivity index (χ4n) is 1.61. The van der Waals surface area contributed by atoms with Gasteiger partial charge in [0.25, 0.3) is 0 Å². The molecule has 0 rings (SSSR count). The van der Waals surface area contributed by atoms with Gasteiger partial charge in [-0.1, -0.05) is 13.3 Å². The molecule has 1 amide bonds. The lowest BCUT2D eigenvalue weighted by Crippen LogP contribution is -2.26. The van der Waals surface area contributed by atoms with Crippen molar-refractivity contribution in [1.29, 1.82) is 0 Å². The first-order valence-corrected chi connectivity index (χ1v) is 7.13. The summed E-state index contributed by atoms with van der Waals surface area (Å²) >= 11 is 0. The lowest BCUT2D eigenvalue weighted by molar-refractivity contribution is 0.155. The number of rotatable bonds is 8. The number of amides is 1. The van der Waals surface area contributed by atoms with E-state index in [1.54, 1.807) is 21.3 Å². The molecular weight excluding hydrogens is 226 g/mol. The van der Waals surface area contributed by atoms with E-state index in [1.165, 1.54) is 4.90 Å². The van der Waals surface area contributed by atoms with Crippen molar-refractivity contribution in [3.05, 3.63) is 0 Å². The van der Waals surface area contributed by atoms with Crippen molar-refractivity contribution in [1.82, 2.24) is 4.90 Å². The van der Waals surface area contributed by atoms with E-state index in [1.807, 2.05) is 0 Å². The predicted octanol–water partition coefficient (Wildman–Crippen LogP) is 1.67. The van der Waals surface area contributed by atoms with E-state index in [2.05, 4.69) is 6.92 Å². The summed E-state index contributed by atoms with van der Waals surface area (Å²) in [5.74, 6) is 0. The average Bonchev–Trinajstić information content (AvgIpc) is 2.25. The highest BCUT2D eigenvalue weighted by atomic mass is 28.3. The molecule has 0 radical (unpaired) electrons. The van der Waals surface area contributed by atoms with Crippen LogP contribution in [0, 0.1) is 0 Å². The summed E-state index contributed by atoms with van der Waals surface area (Å²) in [4.78, 5) is 11.8. The van der Waals surface area contributed by atoms with Crippen LogP contribution in [0.25, 0.3) is 0 Å². The highest BCUT2D eigenvalue weighted by Gasteiger charge is 2.19. The second-order valence-corrected chi connectivity index (χ2v) is 6.83. The van der Waals surface area contributed by atoms with Crippen molar-refractivity contribution in [3.8, 4) is 0 Å². The van der Waals surface area contributed by atoms with Crippen molar-refractivity contribution < 1.29 is 18.8 Å². The van der Waals surface area contributed by atoms with E-state index >= 15 is 0 Å². The number of hydrogen-bond donors (Lipinski definition) is 1. The number of carboxylic acid groups (broad SMARTS) is 1. The largest absolute Gasteiger partial charge is 0.465 e. The Morgan fingerprint density at radius 2 is 1.94 bits per heavy atom. The maximum Gasteiger partial charge on any atom is 0.407 e. The zero-order valence-electron chi connectivity index (χ0n) is 10.6. The molecule has 0 aromatic heterocycles. The summed E-state index contributed by atoms with van der Waals surface area (Å²) in [5.41, 5.74) is 0.463.